The summed E-state index contributed by atoms with van der Waals surface area (Å²) in [4.78, 5) is 13.7. The van der Waals surface area contributed by atoms with Gasteiger partial charge in [-0.2, -0.15) is 5.26 Å². The van der Waals surface area contributed by atoms with Gasteiger partial charge in [-0.25, -0.2) is 4.79 Å². The summed E-state index contributed by atoms with van der Waals surface area (Å²) in [5.41, 5.74) is -0.515. The van der Waals surface area contributed by atoms with E-state index in [0.29, 0.717) is 6.54 Å². The lowest BCUT2D eigenvalue weighted by Crippen LogP contribution is -2.45. The Labute approximate surface area is 115 Å². The summed E-state index contributed by atoms with van der Waals surface area (Å²) in [5, 5.41) is 15.2. The molecular weight excluding hydrogens is 244 g/mol. The number of nitrogens with one attached hydrogen (secondary N) is 2. The third-order valence-electron chi connectivity index (χ3n) is 2.80. The second kappa shape index (κ2) is 7.31. The summed E-state index contributed by atoms with van der Waals surface area (Å²) in [6, 6.07) is 1.95. The Morgan fingerprint density at radius 2 is 2.21 bits per heavy atom. The van der Waals surface area contributed by atoms with Crippen molar-refractivity contribution >= 4 is 6.09 Å². The lowest BCUT2D eigenvalue weighted by molar-refractivity contribution is 0.0515. The number of hydrogen-bond acceptors (Lipinski definition) is 5. The number of nitrogens with zero attached hydrogens (tertiary/aromatic N) is 2. The van der Waals surface area contributed by atoms with Crippen LogP contribution < -0.4 is 10.6 Å². The highest BCUT2D eigenvalue weighted by atomic mass is 16.6. The molecule has 0 aromatic carbocycles. The number of amides is 1. The van der Waals surface area contributed by atoms with Gasteiger partial charge in [-0.1, -0.05) is 0 Å². The molecule has 1 amide bonds. The predicted octanol–water partition coefficient (Wildman–Crippen LogP) is 0.699. The molecule has 1 fully saturated rings. The van der Waals surface area contributed by atoms with E-state index in [1.807, 2.05) is 20.8 Å². The standard InChI is InChI=1S/C13H24N4O2/c1-13(2,3)19-12(18)16-10-11(9-14)17-7-4-5-15-6-8-17/h11,15H,4-8,10H2,1-3H3,(H,16,18). The van der Waals surface area contributed by atoms with Crippen LogP contribution in [0.25, 0.3) is 0 Å². The molecule has 6 nitrogen and oxygen atoms in total. The Kier molecular flexibility index (Phi) is 6.06. The summed E-state index contributed by atoms with van der Waals surface area (Å²) in [6.07, 6.45) is 0.547. The third kappa shape index (κ3) is 6.41. The van der Waals surface area contributed by atoms with E-state index in [2.05, 4.69) is 21.6 Å². The largest absolute Gasteiger partial charge is 0.444 e. The van der Waals surface area contributed by atoms with E-state index >= 15 is 0 Å². The molecule has 1 rings (SSSR count). The second-order valence-electron chi connectivity index (χ2n) is 5.67. The summed E-state index contributed by atoms with van der Waals surface area (Å²) in [6.45, 7) is 9.30. The molecule has 19 heavy (non-hydrogen) atoms. The number of hydrogen-bond donors (Lipinski definition) is 2. The average Bonchev–Trinajstić information content (AvgIpc) is 2.56. The van der Waals surface area contributed by atoms with Gasteiger partial charge in [-0.15, -0.1) is 0 Å². The van der Waals surface area contributed by atoms with Crippen molar-refractivity contribution in [3.63, 3.8) is 0 Å². The van der Waals surface area contributed by atoms with Crippen LogP contribution in [0.2, 0.25) is 0 Å². The van der Waals surface area contributed by atoms with Crippen molar-refractivity contribution in [1.82, 2.24) is 15.5 Å². The van der Waals surface area contributed by atoms with Crippen molar-refractivity contribution in [2.45, 2.75) is 38.8 Å². The van der Waals surface area contributed by atoms with Gasteiger partial charge in [0.25, 0.3) is 0 Å². The van der Waals surface area contributed by atoms with Crippen molar-refractivity contribution < 1.29 is 9.53 Å². The molecule has 0 saturated carbocycles. The van der Waals surface area contributed by atoms with Crippen LogP contribution in [0.1, 0.15) is 27.2 Å². The number of nitriles is 1. The first-order valence-corrected chi connectivity index (χ1v) is 6.73. The van der Waals surface area contributed by atoms with Crippen molar-refractivity contribution in [2.75, 3.05) is 32.7 Å². The molecule has 0 aromatic rings. The Morgan fingerprint density at radius 1 is 1.47 bits per heavy atom. The van der Waals surface area contributed by atoms with E-state index in [9.17, 15) is 10.1 Å². The SMILES string of the molecule is CC(C)(C)OC(=O)NCC(C#N)N1CCCNCC1. The molecule has 2 N–H and O–H groups in total. The normalized spacial score (nSPS) is 19.1. The molecule has 1 aliphatic heterocycles. The third-order valence-corrected chi connectivity index (χ3v) is 2.80. The maximum Gasteiger partial charge on any atom is 0.407 e. The van der Waals surface area contributed by atoms with Gasteiger partial charge in [0.2, 0.25) is 0 Å². The Hall–Kier alpha value is -1.32. The number of alkyl carbamates (subject to hydrolysis) is 1. The monoisotopic (exact) mass is 268 g/mol. The molecule has 0 aromatic heterocycles. The molecule has 0 radical (unpaired) electrons. The van der Waals surface area contributed by atoms with Crippen LogP contribution in [0.4, 0.5) is 4.79 Å². The van der Waals surface area contributed by atoms with Gasteiger partial charge in [0.05, 0.1) is 6.07 Å². The van der Waals surface area contributed by atoms with Gasteiger partial charge in [0.15, 0.2) is 0 Å². The molecule has 1 saturated heterocycles. The smallest absolute Gasteiger partial charge is 0.407 e. The average molecular weight is 268 g/mol. The van der Waals surface area contributed by atoms with Crippen LogP contribution in [0.3, 0.4) is 0 Å². The summed E-state index contributed by atoms with van der Waals surface area (Å²) >= 11 is 0. The summed E-state index contributed by atoms with van der Waals surface area (Å²) in [7, 11) is 0. The maximum atomic E-state index is 11.6. The van der Waals surface area contributed by atoms with Gasteiger partial charge in [0, 0.05) is 26.2 Å². The van der Waals surface area contributed by atoms with Crippen LogP contribution in [0.15, 0.2) is 0 Å². The van der Waals surface area contributed by atoms with Crippen molar-refractivity contribution in [3.8, 4) is 6.07 Å². The highest BCUT2D eigenvalue weighted by Gasteiger charge is 2.21. The zero-order valence-electron chi connectivity index (χ0n) is 12.0. The van der Waals surface area contributed by atoms with E-state index in [-0.39, 0.29) is 6.04 Å². The van der Waals surface area contributed by atoms with Crippen LogP contribution in [0, 0.1) is 11.3 Å². The van der Waals surface area contributed by atoms with Crippen LogP contribution >= 0.6 is 0 Å². The molecule has 0 bridgehead atoms. The molecule has 0 aliphatic carbocycles. The van der Waals surface area contributed by atoms with Gasteiger partial charge in [-0.05, 0) is 33.7 Å². The first-order valence-electron chi connectivity index (χ1n) is 6.73. The lowest BCUT2D eigenvalue weighted by atomic mass is 10.2. The zero-order chi connectivity index (χ0) is 14.3. The molecule has 1 aliphatic rings. The molecule has 0 spiro atoms. The van der Waals surface area contributed by atoms with Crippen LogP contribution in [-0.4, -0.2) is 55.4 Å². The minimum atomic E-state index is -0.515. The van der Waals surface area contributed by atoms with E-state index in [4.69, 9.17) is 4.74 Å². The Bertz CT molecular complexity index is 325. The summed E-state index contributed by atoms with van der Waals surface area (Å²) < 4.78 is 5.15. The highest BCUT2D eigenvalue weighted by molar-refractivity contribution is 5.67. The molecule has 1 atom stereocenters. The van der Waals surface area contributed by atoms with Crippen LogP contribution in [0.5, 0.6) is 0 Å². The Balaban J connectivity index is 2.40. The fourth-order valence-electron chi connectivity index (χ4n) is 1.93. The quantitative estimate of drug-likeness (QED) is 0.788. The summed E-state index contributed by atoms with van der Waals surface area (Å²) in [5.74, 6) is 0. The minimum Gasteiger partial charge on any atom is -0.444 e. The Morgan fingerprint density at radius 3 is 2.84 bits per heavy atom. The van der Waals surface area contributed by atoms with Gasteiger partial charge >= 0.3 is 6.09 Å². The van der Waals surface area contributed by atoms with E-state index in [1.165, 1.54) is 0 Å². The van der Waals surface area contributed by atoms with Gasteiger partial charge < -0.3 is 15.4 Å². The fourth-order valence-corrected chi connectivity index (χ4v) is 1.93. The maximum absolute atomic E-state index is 11.6. The lowest BCUT2D eigenvalue weighted by Gasteiger charge is -2.26. The van der Waals surface area contributed by atoms with Crippen LogP contribution in [-0.2, 0) is 4.74 Å². The predicted molar refractivity (Wildman–Crippen MR) is 72.7 cm³/mol. The topological polar surface area (TPSA) is 77.4 Å². The molecular formula is C13H24N4O2. The minimum absolute atomic E-state index is 0.297. The fraction of sp³-hybridized carbons (Fsp3) is 0.846. The van der Waals surface area contributed by atoms with E-state index in [1.54, 1.807) is 0 Å². The van der Waals surface area contributed by atoms with E-state index < -0.39 is 11.7 Å². The van der Waals surface area contributed by atoms with E-state index in [0.717, 1.165) is 32.6 Å². The first kappa shape index (κ1) is 15.7. The van der Waals surface area contributed by atoms with Gasteiger partial charge in [-0.3, -0.25) is 4.90 Å². The zero-order valence-corrected chi connectivity index (χ0v) is 12.0. The second-order valence-corrected chi connectivity index (χ2v) is 5.67. The number of ether oxygens (including phenoxy) is 1. The highest BCUT2D eigenvalue weighted by Crippen LogP contribution is 2.07. The van der Waals surface area contributed by atoms with Crippen molar-refractivity contribution in [2.24, 2.45) is 0 Å². The molecule has 6 heteroatoms. The number of carbonyl (C=O) groups excluding carboxylic acids is 1. The molecule has 108 valence electrons. The molecule has 1 unspecified atom stereocenters. The first-order chi connectivity index (χ1) is 8.92. The van der Waals surface area contributed by atoms with Crippen molar-refractivity contribution in [1.29, 1.82) is 5.26 Å². The molecule has 1 heterocycles. The van der Waals surface area contributed by atoms with Crippen molar-refractivity contribution in [3.05, 3.63) is 0 Å². The van der Waals surface area contributed by atoms with Gasteiger partial charge in [0.1, 0.15) is 11.6 Å². The number of carbonyl (C=O) groups is 1. The number of rotatable bonds is 3.